The lowest BCUT2D eigenvalue weighted by molar-refractivity contribution is -0.126. The first-order valence-corrected chi connectivity index (χ1v) is 8.62. The van der Waals surface area contributed by atoms with Crippen LogP contribution in [0.5, 0.6) is 5.75 Å². The highest BCUT2D eigenvalue weighted by atomic mass is 16.5. The number of nitrogens with zero attached hydrogens (tertiary/aromatic N) is 1. The molecular formula is C18H25N3O3. The standard InChI is InChI=1S/C18H25N3O3/c1-19-18(23)13-6-9-21(10-7-13)12-17(22)20-15-8-11-24-16-5-3-2-4-14(15)16/h2-5,13,15H,6-12H2,1H3,(H,19,23)(H,20,22). The van der Waals surface area contributed by atoms with Crippen LogP contribution < -0.4 is 15.4 Å². The number of hydrogen-bond donors (Lipinski definition) is 2. The number of piperidine rings is 1. The number of para-hydroxylation sites is 1. The summed E-state index contributed by atoms with van der Waals surface area (Å²) in [5.74, 6) is 1.09. The summed E-state index contributed by atoms with van der Waals surface area (Å²) in [4.78, 5) is 26.2. The number of rotatable bonds is 4. The number of carbonyl (C=O) groups is 2. The van der Waals surface area contributed by atoms with Crippen molar-refractivity contribution in [2.45, 2.75) is 25.3 Å². The molecule has 1 unspecified atom stereocenters. The van der Waals surface area contributed by atoms with Gasteiger partial charge in [0.25, 0.3) is 0 Å². The molecule has 0 saturated carbocycles. The Morgan fingerprint density at radius 2 is 1.96 bits per heavy atom. The van der Waals surface area contributed by atoms with E-state index in [0.717, 1.165) is 43.7 Å². The summed E-state index contributed by atoms with van der Waals surface area (Å²) >= 11 is 0. The molecule has 3 rings (SSSR count). The molecule has 1 aromatic carbocycles. The molecule has 0 aliphatic carbocycles. The van der Waals surface area contributed by atoms with Gasteiger partial charge in [0, 0.05) is 24.9 Å². The minimum atomic E-state index is 0.0193. The van der Waals surface area contributed by atoms with Gasteiger partial charge in [0.1, 0.15) is 5.75 Å². The molecule has 2 aliphatic heterocycles. The second-order valence-electron chi connectivity index (χ2n) is 6.46. The lowest BCUT2D eigenvalue weighted by Crippen LogP contribution is -2.45. The number of carbonyl (C=O) groups excluding carboxylic acids is 2. The fraction of sp³-hybridized carbons (Fsp3) is 0.556. The minimum Gasteiger partial charge on any atom is -0.493 e. The Hall–Kier alpha value is -2.08. The van der Waals surface area contributed by atoms with E-state index in [2.05, 4.69) is 15.5 Å². The van der Waals surface area contributed by atoms with Crippen LogP contribution in [0.4, 0.5) is 0 Å². The van der Waals surface area contributed by atoms with Crippen LogP contribution in [0.15, 0.2) is 24.3 Å². The summed E-state index contributed by atoms with van der Waals surface area (Å²) in [6, 6.07) is 7.88. The maximum Gasteiger partial charge on any atom is 0.234 e. The smallest absolute Gasteiger partial charge is 0.234 e. The van der Waals surface area contributed by atoms with Gasteiger partial charge in [0.05, 0.1) is 19.2 Å². The zero-order valence-electron chi connectivity index (χ0n) is 14.1. The predicted molar refractivity (Wildman–Crippen MR) is 90.7 cm³/mol. The number of nitrogens with one attached hydrogen (secondary N) is 2. The van der Waals surface area contributed by atoms with E-state index in [1.807, 2.05) is 24.3 Å². The van der Waals surface area contributed by atoms with Crippen LogP contribution in [0, 0.1) is 5.92 Å². The summed E-state index contributed by atoms with van der Waals surface area (Å²) in [6.07, 6.45) is 2.42. The van der Waals surface area contributed by atoms with Gasteiger partial charge in [-0.05, 0) is 32.0 Å². The fourth-order valence-corrected chi connectivity index (χ4v) is 3.49. The van der Waals surface area contributed by atoms with Crippen molar-refractivity contribution < 1.29 is 14.3 Å². The van der Waals surface area contributed by atoms with Gasteiger partial charge >= 0.3 is 0 Å². The summed E-state index contributed by atoms with van der Waals surface area (Å²) < 4.78 is 5.63. The third-order valence-corrected chi connectivity index (χ3v) is 4.87. The first-order chi connectivity index (χ1) is 11.7. The fourth-order valence-electron chi connectivity index (χ4n) is 3.49. The highest BCUT2D eigenvalue weighted by Gasteiger charge is 2.27. The zero-order chi connectivity index (χ0) is 16.9. The van der Waals surface area contributed by atoms with Crippen molar-refractivity contribution in [2.75, 3.05) is 33.3 Å². The Bertz CT molecular complexity index is 597. The van der Waals surface area contributed by atoms with E-state index in [4.69, 9.17) is 4.74 Å². The second-order valence-corrected chi connectivity index (χ2v) is 6.46. The van der Waals surface area contributed by atoms with Gasteiger partial charge < -0.3 is 15.4 Å². The second kappa shape index (κ2) is 7.66. The Morgan fingerprint density at radius 3 is 2.71 bits per heavy atom. The van der Waals surface area contributed by atoms with Gasteiger partial charge in [-0.25, -0.2) is 0 Å². The molecule has 0 radical (unpaired) electrons. The minimum absolute atomic E-state index is 0.0193. The van der Waals surface area contributed by atoms with Crippen LogP contribution in [0.2, 0.25) is 0 Å². The van der Waals surface area contributed by atoms with E-state index >= 15 is 0 Å². The SMILES string of the molecule is CNC(=O)C1CCN(CC(=O)NC2CCOc3ccccc32)CC1. The lowest BCUT2D eigenvalue weighted by Gasteiger charge is -2.31. The van der Waals surface area contributed by atoms with Crippen molar-refractivity contribution in [3.8, 4) is 5.75 Å². The van der Waals surface area contributed by atoms with E-state index in [1.165, 1.54) is 0 Å². The Morgan fingerprint density at radius 1 is 1.21 bits per heavy atom. The maximum atomic E-state index is 12.4. The zero-order valence-corrected chi connectivity index (χ0v) is 14.1. The topological polar surface area (TPSA) is 70.7 Å². The molecule has 24 heavy (non-hydrogen) atoms. The lowest BCUT2D eigenvalue weighted by atomic mass is 9.96. The van der Waals surface area contributed by atoms with Gasteiger partial charge in [0.15, 0.2) is 0 Å². The van der Waals surface area contributed by atoms with Crippen LogP contribution >= 0.6 is 0 Å². The van der Waals surface area contributed by atoms with Gasteiger partial charge in [-0.1, -0.05) is 18.2 Å². The average Bonchev–Trinajstić information content (AvgIpc) is 2.62. The maximum absolute atomic E-state index is 12.4. The van der Waals surface area contributed by atoms with Crippen LogP contribution in [-0.4, -0.2) is 50.0 Å². The van der Waals surface area contributed by atoms with Crippen LogP contribution in [0.25, 0.3) is 0 Å². The molecule has 0 aromatic heterocycles. The van der Waals surface area contributed by atoms with Gasteiger partial charge in [-0.2, -0.15) is 0 Å². The quantitative estimate of drug-likeness (QED) is 0.866. The molecule has 2 amide bonds. The first kappa shape index (κ1) is 16.8. The number of hydrogen-bond acceptors (Lipinski definition) is 4. The summed E-state index contributed by atoms with van der Waals surface area (Å²) in [5.41, 5.74) is 1.05. The van der Waals surface area contributed by atoms with E-state index in [-0.39, 0.29) is 23.8 Å². The largest absolute Gasteiger partial charge is 0.493 e. The van der Waals surface area contributed by atoms with Crippen LogP contribution in [-0.2, 0) is 9.59 Å². The van der Waals surface area contributed by atoms with Crippen LogP contribution in [0.3, 0.4) is 0 Å². The van der Waals surface area contributed by atoms with Gasteiger partial charge in [0.2, 0.25) is 11.8 Å². The van der Waals surface area contributed by atoms with Crippen molar-refractivity contribution in [2.24, 2.45) is 5.92 Å². The number of fused-ring (bicyclic) bond motifs is 1. The third kappa shape index (κ3) is 3.87. The predicted octanol–water partition coefficient (Wildman–Crippen LogP) is 1.08. The summed E-state index contributed by atoms with van der Waals surface area (Å²) in [7, 11) is 1.67. The molecule has 1 atom stereocenters. The molecule has 0 bridgehead atoms. The van der Waals surface area contributed by atoms with E-state index in [0.29, 0.717) is 13.2 Å². The highest BCUT2D eigenvalue weighted by Crippen LogP contribution is 2.31. The molecule has 1 fully saturated rings. The molecule has 2 heterocycles. The van der Waals surface area contributed by atoms with Crippen molar-refractivity contribution in [1.82, 2.24) is 15.5 Å². The summed E-state index contributed by atoms with van der Waals surface area (Å²) in [6.45, 7) is 2.59. The molecule has 130 valence electrons. The molecule has 1 aromatic rings. The molecule has 6 heteroatoms. The molecular weight excluding hydrogens is 306 g/mol. The average molecular weight is 331 g/mol. The Labute approximate surface area is 142 Å². The Kier molecular flexibility index (Phi) is 5.35. The van der Waals surface area contributed by atoms with E-state index < -0.39 is 0 Å². The normalized spacial score (nSPS) is 21.5. The van der Waals surface area contributed by atoms with Crippen molar-refractivity contribution in [3.63, 3.8) is 0 Å². The third-order valence-electron chi connectivity index (χ3n) is 4.87. The van der Waals surface area contributed by atoms with Gasteiger partial charge in [-0.15, -0.1) is 0 Å². The van der Waals surface area contributed by atoms with Crippen molar-refractivity contribution in [3.05, 3.63) is 29.8 Å². The van der Waals surface area contributed by atoms with E-state index in [1.54, 1.807) is 7.05 Å². The summed E-state index contributed by atoms with van der Waals surface area (Å²) in [5, 5.41) is 5.83. The van der Waals surface area contributed by atoms with Crippen molar-refractivity contribution in [1.29, 1.82) is 0 Å². The van der Waals surface area contributed by atoms with Crippen LogP contribution in [0.1, 0.15) is 30.9 Å². The number of likely N-dealkylation sites (tertiary alicyclic amines) is 1. The number of amides is 2. The Balaban J connectivity index is 1.50. The molecule has 6 nitrogen and oxygen atoms in total. The highest BCUT2D eigenvalue weighted by molar-refractivity contribution is 5.79. The molecule has 2 N–H and O–H groups in total. The monoisotopic (exact) mass is 331 g/mol. The molecule has 0 spiro atoms. The number of benzene rings is 1. The van der Waals surface area contributed by atoms with Crippen molar-refractivity contribution >= 4 is 11.8 Å². The molecule has 2 aliphatic rings. The van der Waals surface area contributed by atoms with Gasteiger partial charge in [-0.3, -0.25) is 14.5 Å². The van der Waals surface area contributed by atoms with E-state index in [9.17, 15) is 9.59 Å². The molecule has 1 saturated heterocycles. The number of ether oxygens (including phenoxy) is 1. The first-order valence-electron chi connectivity index (χ1n) is 8.62.